The molecule has 0 aliphatic carbocycles. The maximum Gasteiger partial charge on any atom is 0.310 e. The molecule has 3 aromatic carbocycles. The summed E-state index contributed by atoms with van der Waals surface area (Å²) in [6, 6.07) is 24.6. The summed E-state index contributed by atoms with van der Waals surface area (Å²) in [5.41, 5.74) is 2.10. The number of piperidine rings is 1. The van der Waals surface area contributed by atoms with E-state index in [1.807, 2.05) is 42.5 Å². The fraction of sp³-hybridized carbons (Fsp3) is 0.333. The number of benzene rings is 3. The molecule has 0 N–H and O–H groups in total. The van der Waals surface area contributed by atoms with Crippen molar-refractivity contribution in [1.82, 2.24) is 4.90 Å². The molecule has 0 saturated carbocycles. The molecule has 1 aliphatic rings. The van der Waals surface area contributed by atoms with Gasteiger partial charge in [0.25, 0.3) is 0 Å². The zero-order valence-corrected chi connectivity index (χ0v) is 19.8. The van der Waals surface area contributed by atoms with Crippen molar-refractivity contribution in [2.45, 2.75) is 31.5 Å². The monoisotopic (exact) mass is 480 g/mol. The van der Waals surface area contributed by atoms with Crippen molar-refractivity contribution in [2.75, 3.05) is 26.2 Å². The number of hydrogen-bond donors (Lipinski definition) is 0. The zero-order valence-electron chi connectivity index (χ0n) is 19.0. The average molecular weight is 481 g/mol. The third kappa shape index (κ3) is 6.35. The van der Waals surface area contributed by atoms with Crippen LogP contribution in [-0.4, -0.2) is 42.2 Å². The van der Waals surface area contributed by atoms with Gasteiger partial charge in [0, 0.05) is 36.3 Å². The molecule has 1 unspecified atom stereocenters. The van der Waals surface area contributed by atoms with Gasteiger partial charge in [-0.05, 0) is 37.0 Å². The highest BCUT2D eigenvalue weighted by atomic mass is 35.5. The fourth-order valence-electron chi connectivity index (χ4n) is 4.31. The van der Waals surface area contributed by atoms with Crippen molar-refractivity contribution in [3.05, 3.63) is 105 Å². The van der Waals surface area contributed by atoms with Gasteiger partial charge in [0.05, 0.1) is 17.6 Å². The summed E-state index contributed by atoms with van der Waals surface area (Å²) >= 11 is 6.51. The minimum Gasteiger partial charge on any atom is -0.487 e. The average Bonchev–Trinajstić information content (AvgIpc) is 2.87. The molecule has 0 radical (unpaired) electrons. The van der Waals surface area contributed by atoms with Crippen LogP contribution in [0.3, 0.4) is 0 Å². The zero-order chi connectivity index (χ0) is 23.8. The number of likely N-dealkylation sites (tertiary alicyclic amines) is 1. The van der Waals surface area contributed by atoms with Crippen molar-refractivity contribution in [3.63, 3.8) is 0 Å². The summed E-state index contributed by atoms with van der Waals surface area (Å²) in [6.45, 7) is 3.23. The lowest BCUT2D eigenvalue weighted by molar-refractivity contribution is -0.385. The number of para-hydroxylation sites is 2. The first-order valence-electron chi connectivity index (χ1n) is 11.6. The van der Waals surface area contributed by atoms with Gasteiger partial charge in [0.2, 0.25) is 0 Å². The lowest BCUT2D eigenvalue weighted by atomic mass is 10.00. The minimum atomic E-state index is -0.411. The number of halogens is 1. The van der Waals surface area contributed by atoms with E-state index in [1.165, 1.54) is 6.07 Å². The van der Waals surface area contributed by atoms with Crippen molar-refractivity contribution in [3.8, 4) is 5.75 Å². The van der Waals surface area contributed by atoms with Gasteiger partial charge in [-0.25, -0.2) is 0 Å². The fourth-order valence-corrected chi connectivity index (χ4v) is 4.54. The van der Waals surface area contributed by atoms with Crippen molar-refractivity contribution >= 4 is 17.3 Å². The first kappa shape index (κ1) is 24.2. The topological polar surface area (TPSA) is 64.8 Å². The number of nitro groups is 1. The highest BCUT2D eigenvalue weighted by Crippen LogP contribution is 2.34. The molecular formula is C27H29ClN2O4. The van der Waals surface area contributed by atoms with E-state index in [-0.39, 0.29) is 17.9 Å². The van der Waals surface area contributed by atoms with Crippen LogP contribution in [0.25, 0.3) is 0 Å². The van der Waals surface area contributed by atoms with Crippen molar-refractivity contribution < 1.29 is 14.4 Å². The summed E-state index contributed by atoms with van der Waals surface area (Å²) < 4.78 is 12.3. The van der Waals surface area contributed by atoms with Crippen molar-refractivity contribution in [1.29, 1.82) is 0 Å². The van der Waals surface area contributed by atoms with Gasteiger partial charge in [-0.3, -0.25) is 10.1 Å². The smallest absolute Gasteiger partial charge is 0.310 e. The second-order valence-electron chi connectivity index (χ2n) is 8.42. The van der Waals surface area contributed by atoms with Crippen LogP contribution in [0.5, 0.6) is 5.75 Å². The van der Waals surface area contributed by atoms with Crippen LogP contribution in [0, 0.1) is 10.1 Å². The van der Waals surface area contributed by atoms with Gasteiger partial charge in [-0.15, -0.1) is 0 Å². The quantitative estimate of drug-likeness (QED) is 0.194. The van der Waals surface area contributed by atoms with Gasteiger partial charge in [0.1, 0.15) is 6.10 Å². The molecule has 3 aromatic rings. The molecule has 0 spiro atoms. The van der Waals surface area contributed by atoms with Crippen LogP contribution < -0.4 is 4.74 Å². The van der Waals surface area contributed by atoms with E-state index in [4.69, 9.17) is 21.1 Å². The lowest BCUT2D eigenvalue weighted by Crippen LogP contribution is -2.38. The Bertz CT molecular complexity index is 1070. The molecule has 0 bridgehead atoms. The van der Waals surface area contributed by atoms with E-state index >= 15 is 0 Å². The predicted octanol–water partition coefficient (Wildman–Crippen LogP) is 6.29. The Morgan fingerprint density at radius 3 is 2.38 bits per heavy atom. The van der Waals surface area contributed by atoms with Gasteiger partial charge in [0.15, 0.2) is 5.75 Å². The first-order valence-corrected chi connectivity index (χ1v) is 12.0. The number of rotatable bonds is 10. The molecular weight excluding hydrogens is 452 g/mol. The van der Waals surface area contributed by atoms with E-state index in [2.05, 4.69) is 17.0 Å². The molecule has 7 heteroatoms. The van der Waals surface area contributed by atoms with Gasteiger partial charge in [-0.1, -0.05) is 72.3 Å². The molecule has 0 amide bonds. The molecule has 1 heterocycles. The molecule has 34 heavy (non-hydrogen) atoms. The molecule has 1 atom stereocenters. The number of nitrogens with zero attached hydrogens (tertiary/aromatic N) is 2. The van der Waals surface area contributed by atoms with Gasteiger partial charge >= 0.3 is 5.69 Å². The van der Waals surface area contributed by atoms with Crippen LogP contribution in [0.1, 0.15) is 36.5 Å². The molecule has 1 aliphatic heterocycles. The maximum absolute atomic E-state index is 11.1. The van der Waals surface area contributed by atoms with Crippen LogP contribution in [0.2, 0.25) is 5.02 Å². The summed E-state index contributed by atoms with van der Waals surface area (Å²) in [7, 11) is 0. The van der Waals surface area contributed by atoms with E-state index in [9.17, 15) is 10.1 Å². The van der Waals surface area contributed by atoms with E-state index in [0.29, 0.717) is 17.4 Å². The Morgan fingerprint density at radius 1 is 0.971 bits per heavy atom. The Morgan fingerprint density at radius 2 is 1.65 bits per heavy atom. The summed E-state index contributed by atoms with van der Waals surface area (Å²) in [5.74, 6) is 0.325. The van der Waals surface area contributed by atoms with E-state index in [0.717, 1.165) is 50.0 Å². The van der Waals surface area contributed by atoms with Crippen molar-refractivity contribution in [2.24, 2.45) is 0 Å². The normalized spacial score (nSPS) is 15.7. The second-order valence-corrected chi connectivity index (χ2v) is 8.82. The lowest BCUT2D eigenvalue weighted by Gasteiger charge is -2.34. The maximum atomic E-state index is 11.1. The Hall–Kier alpha value is -2.93. The second kappa shape index (κ2) is 12.0. The summed E-state index contributed by atoms with van der Waals surface area (Å²) in [5, 5.41) is 11.8. The predicted molar refractivity (Wildman–Crippen MR) is 133 cm³/mol. The largest absolute Gasteiger partial charge is 0.487 e. The molecule has 1 fully saturated rings. The molecule has 0 aromatic heterocycles. The third-order valence-electron chi connectivity index (χ3n) is 6.09. The summed E-state index contributed by atoms with van der Waals surface area (Å²) in [6.07, 6.45) is 2.66. The van der Waals surface area contributed by atoms with Crippen LogP contribution in [0.15, 0.2) is 78.9 Å². The Labute approximate surface area is 205 Å². The third-order valence-corrected chi connectivity index (χ3v) is 6.44. The van der Waals surface area contributed by atoms with E-state index < -0.39 is 4.92 Å². The van der Waals surface area contributed by atoms with Gasteiger partial charge < -0.3 is 14.4 Å². The molecule has 1 saturated heterocycles. The summed E-state index contributed by atoms with van der Waals surface area (Å²) in [4.78, 5) is 13.1. The highest BCUT2D eigenvalue weighted by Gasteiger charge is 2.25. The SMILES string of the molecule is O=[N+]([O-])c1ccccc1OCCCN1CCC(OC(c2ccccc2)c2ccccc2Cl)CC1. The number of hydrogen-bond acceptors (Lipinski definition) is 5. The molecule has 6 nitrogen and oxygen atoms in total. The number of nitro benzene ring substituents is 1. The van der Waals surface area contributed by atoms with Crippen LogP contribution in [-0.2, 0) is 4.74 Å². The van der Waals surface area contributed by atoms with Crippen LogP contribution in [0.4, 0.5) is 5.69 Å². The van der Waals surface area contributed by atoms with Gasteiger partial charge in [-0.2, -0.15) is 0 Å². The molecule has 4 rings (SSSR count). The van der Waals surface area contributed by atoms with E-state index in [1.54, 1.807) is 18.2 Å². The number of ether oxygens (including phenoxy) is 2. The Balaban J connectivity index is 1.27. The first-order chi connectivity index (χ1) is 16.6. The van der Waals surface area contributed by atoms with Crippen LogP contribution >= 0.6 is 11.6 Å². The standard InChI is InChI=1S/C27H29ClN2O4/c28-24-12-5-4-11-23(24)27(21-9-2-1-3-10-21)34-22-15-18-29(19-16-22)17-8-20-33-26-14-7-6-13-25(26)30(31)32/h1-7,9-14,22,27H,8,15-20H2. The molecule has 178 valence electrons. The Kier molecular flexibility index (Phi) is 8.52. The minimum absolute atomic E-state index is 0.00644. The highest BCUT2D eigenvalue weighted by molar-refractivity contribution is 6.31.